The van der Waals surface area contributed by atoms with Gasteiger partial charge in [0.05, 0.1) is 34.7 Å². The van der Waals surface area contributed by atoms with Gasteiger partial charge in [-0.3, -0.25) is 9.97 Å². The molecule has 2 aromatic carbocycles. The number of hydrogen-bond donors (Lipinski definition) is 2. The number of fused-ring (bicyclic) bond motifs is 1. The monoisotopic (exact) mass is 454 g/mol. The van der Waals surface area contributed by atoms with Gasteiger partial charge in [0.15, 0.2) is 0 Å². The van der Waals surface area contributed by atoms with E-state index >= 15 is 0 Å². The number of hydrogen-bond acceptors (Lipinski definition) is 3. The number of para-hydroxylation sites is 1. The summed E-state index contributed by atoms with van der Waals surface area (Å²) in [6.07, 6.45) is -2.00. The lowest BCUT2D eigenvalue weighted by Crippen LogP contribution is -2.35. The van der Waals surface area contributed by atoms with Crippen LogP contribution in [0.15, 0.2) is 79.1 Å². The number of carbonyl (C=O) groups is 1. The highest BCUT2D eigenvalue weighted by Gasteiger charge is 2.37. The third-order valence-corrected chi connectivity index (χ3v) is 5.01. The molecule has 0 aliphatic heterocycles. The quantitative estimate of drug-likeness (QED) is 0.362. The maximum atomic E-state index is 13.6. The smallest absolute Gasteiger partial charge is 0.325 e. The van der Waals surface area contributed by atoms with Gasteiger partial charge in [-0.2, -0.15) is 13.2 Å². The molecule has 168 valence electrons. The van der Waals surface area contributed by atoms with Gasteiger partial charge in [0.1, 0.15) is 6.67 Å². The highest BCUT2D eigenvalue weighted by atomic mass is 19.4. The van der Waals surface area contributed by atoms with Gasteiger partial charge >= 0.3 is 12.2 Å². The molecule has 9 heteroatoms. The van der Waals surface area contributed by atoms with Crippen LogP contribution in [0.5, 0.6) is 0 Å². The third-order valence-electron chi connectivity index (χ3n) is 5.01. The number of rotatable bonds is 5. The van der Waals surface area contributed by atoms with Gasteiger partial charge in [0.25, 0.3) is 0 Å². The van der Waals surface area contributed by atoms with Crippen LogP contribution < -0.4 is 10.6 Å². The maximum Gasteiger partial charge on any atom is 0.418 e. The van der Waals surface area contributed by atoms with Crippen molar-refractivity contribution in [3.8, 4) is 0 Å². The van der Waals surface area contributed by atoms with E-state index in [9.17, 15) is 22.4 Å². The Hall–Kier alpha value is -4.01. The minimum absolute atomic E-state index is 0.322. The molecule has 0 spiro atoms. The highest BCUT2D eigenvalue weighted by Crippen LogP contribution is 2.35. The SMILES string of the molecule is O=C(Nc1cnc2ccccc2c1)N[C@@H](c1ccc(CF)cc1)c1ncccc1C(F)(F)F. The number of aromatic nitrogens is 2. The summed E-state index contributed by atoms with van der Waals surface area (Å²) in [5.74, 6) is 0. The standard InChI is InChI=1S/C24H18F4N4O/c25-13-15-7-9-16(10-8-15)21(22-19(24(26,27)28)5-3-11-29-22)32-23(33)31-18-12-17-4-1-2-6-20(17)30-14-18/h1-12,14,21H,13H2,(H2,31,32,33)/t21-/m0/s1. The summed E-state index contributed by atoms with van der Waals surface area (Å²) in [5.41, 5.74) is 0.443. The first kappa shape index (κ1) is 22.2. The summed E-state index contributed by atoms with van der Waals surface area (Å²) in [7, 11) is 0. The number of benzene rings is 2. The summed E-state index contributed by atoms with van der Waals surface area (Å²) >= 11 is 0. The number of nitrogens with zero attached hydrogens (tertiary/aromatic N) is 2. The average molecular weight is 454 g/mol. The molecule has 4 aromatic rings. The molecule has 0 saturated heterocycles. The van der Waals surface area contributed by atoms with E-state index in [1.165, 1.54) is 42.7 Å². The van der Waals surface area contributed by atoms with Crippen molar-refractivity contribution in [3.63, 3.8) is 0 Å². The Labute approximate surface area is 186 Å². The van der Waals surface area contributed by atoms with E-state index in [4.69, 9.17) is 0 Å². The molecule has 0 aliphatic carbocycles. The van der Waals surface area contributed by atoms with Crippen LogP contribution >= 0.6 is 0 Å². The molecule has 4 rings (SSSR count). The number of nitrogens with one attached hydrogen (secondary N) is 2. The summed E-state index contributed by atoms with van der Waals surface area (Å²) in [6.45, 7) is -0.717. The molecule has 2 aromatic heterocycles. The Morgan fingerprint density at radius 3 is 2.45 bits per heavy atom. The molecular formula is C24H18F4N4O. The predicted molar refractivity (Wildman–Crippen MR) is 116 cm³/mol. The van der Waals surface area contributed by atoms with E-state index in [-0.39, 0.29) is 5.69 Å². The first-order chi connectivity index (χ1) is 15.8. The van der Waals surface area contributed by atoms with Crippen LogP contribution in [0.2, 0.25) is 0 Å². The fourth-order valence-electron chi connectivity index (χ4n) is 3.43. The number of carbonyl (C=O) groups excluding carboxylic acids is 1. The number of pyridine rings is 2. The molecule has 1 atom stereocenters. The van der Waals surface area contributed by atoms with Crippen LogP contribution in [-0.4, -0.2) is 16.0 Å². The van der Waals surface area contributed by atoms with Crippen molar-refractivity contribution in [2.75, 3.05) is 5.32 Å². The van der Waals surface area contributed by atoms with Gasteiger partial charge in [0.2, 0.25) is 0 Å². The Morgan fingerprint density at radius 2 is 1.73 bits per heavy atom. The highest BCUT2D eigenvalue weighted by molar-refractivity contribution is 5.92. The van der Waals surface area contributed by atoms with E-state index in [0.717, 1.165) is 17.0 Å². The van der Waals surface area contributed by atoms with Crippen LogP contribution in [0.4, 0.5) is 28.0 Å². The molecule has 0 bridgehead atoms. The van der Waals surface area contributed by atoms with Crippen LogP contribution in [-0.2, 0) is 12.9 Å². The van der Waals surface area contributed by atoms with Crippen LogP contribution in [0.1, 0.15) is 28.4 Å². The lowest BCUT2D eigenvalue weighted by molar-refractivity contribution is -0.138. The van der Waals surface area contributed by atoms with E-state index < -0.39 is 30.5 Å². The Balaban J connectivity index is 1.66. The molecule has 33 heavy (non-hydrogen) atoms. The molecular weight excluding hydrogens is 436 g/mol. The van der Waals surface area contributed by atoms with Crippen LogP contribution in [0.25, 0.3) is 10.9 Å². The van der Waals surface area contributed by atoms with Crippen LogP contribution in [0, 0.1) is 0 Å². The van der Waals surface area contributed by atoms with Crippen molar-refractivity contribution in [2.24, 2.45) is 0 Å². The second kappa shape index (κ2) is 9.23. The fourth-order valence-corrected chi connectivity index (χ4v) is 3.43. The third kappa shape index (κ3) is 5.08. The molecule has 2 N–H and O–H groups in total. The summed E-state index contributed by atoms with van der Waals surface area (Å²) in [5, 5.41) is 5.95. The van der Waals surface area contributed by atoms with E-state index in [0.29, 0.717) is 16.8 Å². The van der Waals surface area contributed by atoms with Gasteiger partial charge in [-0.15, -0.1) is 0 Å². The lowest BCUT2D eigenvalue weighted by atomic mass is 9.98. The van der Waals surface area contributed by atoms with Crippen molar-refractivity contribution < 1.29 is 22.4 Å². The minimum atomic E-state index is -4.68. The minimum Gasteiger partial charge on any atom is -0.325 e. The fraction of sp³-hybridized carbons (Fsp3) is 0.125. The molecule has 0 aliphatic rings. The predicted octanol–water partition coefficient (Wildman–Crippen LogP) is 6.03. The zero-order valence-electron chi connectivity index (χ0n) is 17.1. The molecule has 2 amide bonds. The first-order valence-corrected chi connectivity index (χ1v) is 9.94. The van der Waals surface area contributed by atoms with Gasteiger partial charge in [0, 0.05) is 11.6 Å². The van der Waals surface area contributed by atoms with Crippen molar-refractivity contribution in [3.05, 3.63) is 102 Å². The number of urea groups is 1. The van der Waals surface area contributed by atoms with Crippen molar-refractivity contribution in [1.82, 2.24) is 15.3 Å². The largest absolute Gasteiger partial charge is 0.418 e. The second-order valence-corrected chi connectivity index (χ2v) is 7.26. The van der Waals surface area contributed by atoms with Crippen molar-refractivity contribution in [2.45, 2.75) is 18.9 Å². The van der Waals surface area contributed by atoms with E-state index in [1.54, 1.807) is 6.07 Å². The van der Waals surface area contributed by atoms with Gasteiger partial charge in [-0.05, 0) is 35.4 Å². The van der Waals surface area contributed by atoms with Gasteiger partial charge < -0.3 is 10.6 Å². The Bertz CT molecular complexity index is 1280. The molecule has 0 fully saturated rings. The summed E-state index contributed by atoms with van der Waals surface area (Å²) in [4.78, 5) is 20.9. The van der Waals surface area contributed by atoms with E-state index in [2.05, 4.69) is 20.6 Å². The number of halogens is 4. The molecule has 0 radical (unpaired) electrons. The normalized spacial score (nSPS) is 12.4. The molecule has 5 nitrogen and oxygen atoms in total. The van der Waals surface area contributed by atoms with Gasteiger partial charge in [-0.1, -0.05) is 42.5 Å². The zero-order chi connectivity index (χ0) is 23.4. The van der Waals surface area contributed by atoms with Crippen LogP contribution in [0.3, 0.4) is 0 Å². The summed E-state index contributed by atoms with van der Waals surface area (Å²) in [6, 6.07) is 14.9. The average Bonchev–Trinajstić information content (AvgIpc) is 2.82. The topological polar surface area (TPSA) is 66.9 Å². The van der Waals surface area contributed by atoms with Crippen molar-refractivity contribution >= 4 is 22.6 Å². The molecule has 0 saturated carbocycles. The zero-order valence-corrected chi connectivity index (χ0v) is 17.1. The maximum absolute atomic E-state index is 13.6. The Morgan fingerprint density at radius 1 is 0.970 bits per heavy atom. The lowest BCUT2D eigenvalue weighted by Gasteiger charge is -2.22. The number of alkyl halides is 4. The second-order valence-electron chi connectivity index (χ2n) is 7.26. The number of anilines is 1. The Kier molecular flexibility index (Phi) is 6.21. The first-order valence-electron chi connectivity index (χ1n) is 9.94. The number of amides is 2. The van der Waals surface area contributed by atoms with Gasteiger partial charge in [-0.25, -0.2) is 9.18 Å². The molecule has 0 unspecified atom stereocenters. The van der Waals surface area contributed by atoms with Crippen molar-refractivity contribution in [1.29, 1.82) is 0 Å². The summed E-state index contributed by atoms with van der Waals surface area (Å²) < 4.78 is 53.9. The van der Waals surface area contributed by atoms with E-state index in [1.807, 2.05) is 24.3 Å². The molecule has 2 heterocycles.